The molecule has 1 aliphatic heterocycles. The van der Waals surface area contributed by atoms with Crippen molar-refractivity contribution < 1.29 is 72.9 Å². The van der Waals surface area contributed by atoms with E-state index in [0.717, 1.165) is 11.8 Å². The normalized spacial score (nSPS) is 16.7. The first-order valence-electron chi connectivity index (χ1n) is 21.1. The van der Waals surface area contributed by atoms with Gasteiger partial charge in [0.2, 0.25) is 41.2 Å². The number of benzene rings is 1. The summed E-state index contributed by atoms with van der Waals surface area (Å²) in [4.78, 5) is 155. The SMILES string of the molecule is CCCC(NC(=O)C1CC(NC(=O)c2ccccc2)CN1C(=O)C(NC(=O)C(NC(=O)C(CCC(=O)O)NC(=O)C(CCC(=O)O)NC(C)=O)C(C)C)C(C)C)C(=O)C(=O)NCC(=O)O. The summed E-state index contributed by atoms with van der Waals surface area (Å²) in [6, 6.07) is -1.34. The third kappa shape index (κ3) is 17.6. The number of carbonyl (C=O) groups excluding carboxylic acids is 9. The third-order valence-corrected chi connectivity index (χ3v) is 10.2. The molecule has 7 atom stereocenters. The molecule has 1 aliphatic rings. The van der Waals surface area contributed by atoms with Crippen molar-refractivity contribution in [1.82, 2.24) is 42.1 Å². The molecule has 0 aliphatic carbocycles. The lowest BCUT2D eigenvalue weighted by molar-refractivity contribution is -0.145. The maximum absolute atomic E-state index is 14.5. The summed E-state index contributed by atoms with van der Waals surface area (Å²) in [7, 11) is 0. The second-order valence-electron chi connectivity index (χ2n) is 16.2. The Kier molecular flexibility index (Phi) is 21.7. The Labute approximate surface area is 374 Å². The topological polar surface area (TPSA) is 353 Å². The molecule has 10 N–H and O–H groups in total. The van der Waals surface area contributed by atoms with Crippen LogP contribution in [0.25, 0.3) is 0 Å². The molecule has 23 nitrogen and oxygen atoms in total. The van der Waals surface area contributed by atoms with Crippen LogP contribution in [0.4, 0.5) is 0 Å². The average molecular weight is 917 g/mol. The highest BCUT2D eigenvalue weighted by atomic mass is 16.4. The minimum Gasteiger partial charge on any atom is -0.481 e. The third-order valence-electron chi connectivity index (χ3n) is 10.2. The van der Waals surface area contributed by atoms with Gasteiger partial charge in [-0.15, -0.1) is 0 Å². The van der Waals surface area contributed by atoms with Gasteiger partial charge in [0.25, 0.3) is 11.8 Å². The molecule has 0 spiro atoms. The van der Waals surface area contributed by atoms with E-state index in [1.165, 1.54) is 0 Å². The van der Waals surface area contributed by atoms with E-state index in [4.69, 9.17) is 10.2 Å². The quantitative estimate of drug-likeness (QED) is 0.0470. The zero-order valence-corrected chi connectivity index (χ0v) is 37.1. The first kappa shape index (κ1) is 54.2. The van der Waals surface area contributed by atoms with Crippen LogP contribution in [-0.2, 0) is 52.7 Å². The maximum Gasteiger partial charge on any atom is 0.322 e. The fourth-order valence-electron chi connectivity index (χ4n) is 6.83. The number of carboxylic acids is 3. The number of carboxylic acid groups (broad SMARTS) is 3. The molecule has 1 aromatic rings. The van der Waals surface area contributed by atoms with Crippen LogP contribution in [0, 0.1) is 11.8 Å². The molecule has 0 bridgehead atoms. The van der Waals surface area contributed by atoms with Crippen LogP contribution >= 0.6 is 0 Å². The van der Waals surface area contributed by atoms with Crippen molar-refractivity contribution in [2.75, 3.05) is 13.1 Å². The number of Topliss-reactive ketones (excluding diaryl/α,β-unsaturated/α-hetero) is 1. The number of amides is 8. The van der Waals surface area contributed by atoms with E-state index in [1.54, 1.807) is 65.0 Å². The minimum absolute atomic E-state index is 0.0334. The van der Waals surface area contributed by atoms with Gasteiger partial charge >= 0.3 is 17.9 Å². The summed E-state index contributed by atoms with van der Waals surface area (Å²) in [5, 5.41) is 44.4. The molecule has 0 aromatic heterocycles. The summed E-state index contributed by atoms with van der Waals surface area (Å²) in [5.41, 5.74) is 0.281. The number of likely N-dealkylation sites (tertiary alicyclic amines) is 1. The fourth-order valence-corrected chi connectivity index (χ4v) is 6.83. The molecular weight excluding hydrogens is 857 g/mol. The maximum atomic E-state index is 14.5. The van der Waals surface area contributed by atoms with Crippen LogP contribution in [0.1, 0.15) is 96.8 Å². The van der Waals surface area contributed by atoms with Gasteiger partial charge in [0, 0.05) is 37.9 Å². The van der Waals surface area contributed by atoms with Crippen molar-refractivity contribution in [3.05, 3.63) is 35.9 Å². The Morgan fingerprint density at radius 2 is 1.20 bits per heavy atom. The molecular formula is C42H60N8O15. The van der Waals surface area contributed by atoms with E-state index >= 15 is 0 Å². The lowest BCUT2D eigenvalue weighted by Gasteiger charge is -2.33. The van der Waals surface area contributed by atoms with Gasteiger partial charge in [-0.25, -0.2) is 0 Å². The van der Waals surface area contributed by atoms with Gasteiger partial charge in [-0.05, 0) is 49.7 Å². The van der Waals surface area contributed by atoms with Crippen molar-refractivity contribution in [2.45, 2.75) is 129 Å². The van der Waals surface area contributed by atoms with E-state index in [1.807, 2.05) is 5.32 Å². The minimum atomic E-state index is -1.59. The molecule has 1 saturated heterocycles. The van der Waals surface area contributed by atoms with Crippen molar-refractivity contribution >= 4 is 70.9 Å². The molecule has 1 aromatic carbocycles. The van der Waals surface area contributed by atoms with E-state index < -0.39 is 151 Å². The first-order valence-corrected chi connectivity index (χ1v) is 21.1. The van der Waals surface area contributed by atoms with Crippen LogP contribution in [0.2, 0.25) is 0 Å². The fraction of sp³-hybridized carbons (Fsp3) is 0.571. The molecule has 7 unspecified atom stereocenters. The second-order valence-corrected chi connectivity index (χ2v) is 16.2. The number of ketones is 1. The van der Waals surface area contributed by atoms with E-state index in [-0.39, 0.29) is 31.4 Å². The van der Waals surface area contributed by atoms with Crippen molar-refractivity contribution in [3.63, 3.8) is 0 Å². The van der Waals surface area contributed by atoms with Gasteiger partial charge in [-0.2, -0.15) is 0 Å². The molecule has 23 heteroatoms. The van der Waals surface area contributed by atoms with Gasteiger partial charge in [0.15, 0.2) is 0 Å². The number of hydrogen-bond donors (Lipinski definition) is 10. The number of nitrogens with zero attached hydrogens (tertiary/aromatic N) is 1. The molecule has 1 heterocycles. The van der Waals surface area contributed by atoms with Crippen molar-refractivity contribution in [2.24, 2.45) is 11.8 Å². The summed E-state index contributed by atoms with van der Waals surface area (Å²) in [6.45, 7) is 7.93. The highest BCUT2D eigenvalue weighted by Crippen LogP contribution is 2.23. The Balaban J connectivity index is 2.44. The van der Waals surface area contributed by atoms with Gasteiger partial charge in [0.1, 0.15) is 36.8 Å². The lowest BCUT2D eigenvalue weighted by atomic mass is 9.98. The van der Waals surface area contributed by atoms with Crippen molar-refractivity contribution in [3.8, 4) is 0 Å². The Morgan fingerprint density at radius 1 is 0.662 bits per heavy atom. The molecule has 65 heavy (non-hydrogen) atoms. The summed E-state index contributed by atoms with van der Waals surface area (Å²) >= 11 is 0. The average Bonchev–Trinajstić information content (AvgIpc) is 3.66. The van der Waals surface area contributed by atoms with Gasteiger partial charge in [-0.3, -0.25) is 57.5 Å². The predicted octanol–water partition coefficient (Wildman–Crippen LogP) is -1.56. The lowest BCUT2D eigenvalue weighted by Crippen LogP contribution is -2.61. The molecule has 8 amide bonds. The largest absolute Gasteiger partial charge is 0.481 e. The van der Waals surface area contributed by atoms with Crippen LogP contribution < -0.4 is 37.2 Å². The highest BCUT2D eigenvalue weighted by molar-refractivity contribution is 6.38. The Morgan fingerprint density at radius 3 is 1.71 bits per heavy atom. The van der Waals surface area contributed by atoms with Crippen LogP contribution in [0.5, 0.6) is 0 Å². The molecule has 0 radical (unpaired) electrons. The van der Waals surface area contributed by atoms with Crippen LogP contribution in [0.15, 0.2) is 30.3 Å². The summed E-state index contributed by atoms with van der Waals surface area (Å²) in [6.07, 6.45) is -1.89. The number of rotatable bonds is 26. The zero-order valence-electron chi connectivity index (χ0n) is 37.1. The van der Waals surface area contributed by atoms with Gasteiger partial charge in [-0.1, -0.05) is 59.2 Å². The van der Waals surface area contributed by atoms with E-state index in [9.17, 15) is 62.6 Å². The van der Waals surface area contributed by atoms with Crippen molar-refractivity contribution in [1.29, 1.82) is 0 Å². The first-order chi connectivity index (χ1) is 30.5. The predicted molar refractivity (Wildman–Crippen MR) is 227 cm³/mol. The standard InChI is InChI=1S/C42H60N8O15/c1-7-11-26(35(58)41(64)43-19-32(56)57)46-39(62)29-18-25(45-36(59)24-12-9-8-10-13-24)20-50(29)42(65)34(22(4)5)49-40(63)33(21(2)3)48-38(61)28(15-17-31(54)55)47-37(60)27(44-23(6)51)14-16-30(52)53/h8-10,12-13,21-22,25-29,33-34H,7,11,14-20H2,1-6H3,(H,43,64)(H,44,51)(H,45,59)(H,46,62)(H,47,60)(H,48,61)(H,49,63)(H,52,53)(H,54,55)(H,56,57). The summed E-state index contributed by atoms with van der Waals surface area (Å²) in [5.74, 6) is -13.5. The molecule has 0 saturated carbocycles. The smallest absolute Gasteiger partial charge is 0.322 e. The molecule has 1 fully saturated rings. The number of nitrogens with one attached hydrogen (secondary N) is 7. The monoisotopic (exact) mass is 916 g/mol. The Hall–Kier alpha value is -6.94. The van der Waals surface area contributed by atoms with Gasteiger partial charge in [0.05, 0.1) is 6.04 Å². The van der Waals surface area contributed by atoms with E-state index in [0.29, 0.717) is 6.42 Å². The number of carbonyl (C=O) groups is 12. The number of hydrogen-bond acceptors (Lipinski definition) is 12. The van der Waals surface area contributed by atoms with Crippen LogP contribution in [-0.4, -0.2) is 147 Å². The molecule has 2 rings (SSSR count). The zero-order chi connectivity index (χ0) is 49.1. The highest BCUT2D eigenvalue weighted by Gasteiger charge is 2.45. The Bertz CT molecular complexity index is 1940. The van der Waals surface area contributed by atoms with Gasteiger partial charge < -0.3 is 57.4 Å². The second kappa shape index (κ2) is 26.0. The van der Waals surface area contributed by atoms with E-state index in [2.05, 4.69) is 31.9 Å². The number of aliphatic carboxylic acids is 3. The van der Waals surface area contributed by atoms with Crippen LogP contribution in [0.3, 0.4) is 0 Å². The molecule has 358 valence electrons. The summed E-state index contributed by atoms with van der Waals surface area (Å²) < 4.78 is 0.